The third kappa shape index (κ3) is 3.99. The van der Waals surface area contributed by atoms with E-state index in [4.69, 9.17) is 49.6 Å². The van der Waals surface area contributed by atoms with E-state index in [1.165, 1.54) is 4.68 Å². The lowest BCUT2D eigenvalue weighted by molar-refractivity contribution is 0.349. The zero-order chi connectivity index (χ0) is 20.3. The Labute approximate surface area is 176 Å². The normalized spacial score (nSPS) is 11.0. The van der Waals surface area contributed by atoms with Gasteiger partial charge in [-0.1, -0.05) is 23.2 Å². The number of H-pyrrole nitrogens is 1. The summed E-state index contributed by atoms with van der Waals surface area (Å²) in [6, 6.07) is 8.55. The summed E-state index contributed by atoms with van der Waals surface area (Å²) < 4.78 is 17.8. The molecule has 0 bridgehead atoms. The van der Waals surface area contributed by atoms with Gasteiger partial charge in [0.25, 0.3) is 0 Å². The van der Waals surface area contributed by atoms with Crippen molar-refractivity contribution < 1.29 is 14.2 Å². The molecular formula is C18H16Cl2N4O3S. The SMILES string of the molecule is COc1cc(OC)c(OC)cc1C=Nn1c(-c2ccc(Cl)cc2Cl)n[nH]c1=S. The Kier molecular flexibility index (Phi) is 6.23. The molecule has 0 saturated heterocycles. The highest BCUT2D eigenvalue weighted by Crippen LogP contribution is 2.34. The first-order valence-corrected chi connectivity index (χ1v) is 9.12. The minimum Gasteiger partial charge on any atom is -0.496 e. The van der Waals surface area contributed by atoms with Gasteiger partial charge < -0.3 is 14.2 Å². The number of benzene rings is 2. The molecule has 0 atom stereocenters. The molecule has 0 saturated carbocycles. The lowest BCUT2D eigenvalue weighted by Gasteiger charge is -2.11. The summed E-state index contributed by atoms with van der Waals surface area (Å²) in [6.07, 6.45) is 1.58. The van der Waals surface area contributed by atoms with E-state index in [0.29, 0.717) is 49.0 Å². The number of hydrogen-bond acceptors (Lipinski definition) is 6. The van der Waals surface area contributed by atoms with Crippen molar-refractivity contribution >= 4 is 41.6 Å². The number of ether oxygens (including phenoxy) is 3. The fourth-order valence-electron chi connectivity index (χ4n) is 2.52. The number of rotatable bonds is 6. The smallest absolute Gasteiger partial charge is 0.216 e. The fraction of sp³-hybridized carbons (Fsp3) is 0.167. The van der Waals surface area contributed by atoms with E-state index in [0.717, 1.165) is 0 Å². The Balaban J connectivity index is 2.07. The van der Waals surface area contributed by atoms with Gasteiger partial charge in [0, 0.05) is 22.2 Å². The molecule has 0 fully saturated rings. The number of hydrogen-bond donors (Lipinski definition) is 1. The predicted octanol–water partition coefficient (Wildman–Crippen LogP) is 4.82. The number of nitrogens with one attached hydrogen (secondary N) is 1. The van der Waals surface area contributed by atoms with Crippen LogP contribution in [0.2, 0.25) is 10.0 Å². The second-order valence-corrected chi connectivity index (χ2v) is 6.71. The van der Waals surface area contributed by atoms with Gasteiger partial charge in [0.1, 0.15) is 5.75 Å². The molecule has 0 aliphatic heterocycles. The van der Waals surface area contributed by atoms with E-state index in [1.54, 1.807) is 57.9 Å². The number of aromatic amines is 1. The Morgan fingerprint density at radius 2 is 1.71 bits per heavy atom. The number of nitrogens with zero attached hydrogens (tertiary/aromatic N) is 3. The Bertz CT molecular complexity index is 1090. The standard InChI is InChI=1S/C18H16Cl2N4O3S/c1-25-14-8-16(27-3)15(26-2)6-10(14)9-21-24-17(22-23-18(24)28)12-5-4-11(19)7-13(12)20/h4-9H,1-3H3,(H,23,28). The molecule has 0 radical (unpaired) electrons. The minimum atomic E-state index is 0.303. The highest BCUT2D eigenvalue weighted by atomic mass is 35.5. The summed E-state index contributed by atoms with van der Waals surface area (Å²) in [7, 11) is 4.66. The average Bonchev–Trinajstić information content (AvgIpc) is 3.05. The van der Waals surface area contributed by atoms with E-state index < -0.39 is 0 Å². The maximum atomic E-state index is 6.30. The van der Waals surface area contributed by atoms with Crippen LogP contribution >= 0.6 is 35.4 Å². The lowest BCUT2D eigenvalue weighted by atomic mass is 10.2. The molecule has 1 N–H and O–H groups in total. The van der Waals surface area contributed by atoms with E-state index in [1.807, 2.05) is 0 Å². The summed E-state index contributed by atoms with van der Waals surface area (Å²) in [5.41, 5.74) is 1.30. The third-order valence-corrected chi connectivity index (χ3v) is 4.68. The third-order valence-electron chi connectivity index (χ3n) is 3.87. The van der Waals surface area contributed by atoms with Crippen molar-refractivity contribution in [2.75, 3.05) is 21.3 Å². The highest BCUT2D eigenvalue weighted by molar-refractivity contribution is 7.71. The first-order valence-electron chi connectivity index (χ1n) is 7.95. The van der Waals surface area contributed by atoms with Crippen LogP contribution in [0.4, 0.5) is 0 Å². The van der Waals surface area contributed by atoms with Gasteiger partial charge in [-0.15, -0.1) is 0 Å². The van der Waals surface area contributed by atoms with E-state index in [-0.39, 0.29) is 0 Å². The summed E-state index contributed by atoms with van der Waals surface area (Å²) >= 11 is 17.6. The second-order valence-electron chi connectivity index (χ2n) is 5.48. The molecule has 3 rings (SSSR count). The van der Waals surface area contributed by atoms with Crippen molar-refractivity contribution in [1.29, 1.82) is 0 Å². The van der Waals surface area contributed by atoms with Crippen molar-refractivity contribution in [1.82, 2.24) is 14.9 Å². The Hall–Kier alpha value is -2.55. The van der Waals surface area contributed by atoms with Gasteiger partial charge >= 0.3 is 0 Å². The monoisotopic (exact) mass is 438 g/mol. The molecule has 146 valence electrons. The van der Waals surface area contributed by atoms with Crippen molar-refractivity contribution in [3.05, 3.63) is 50.7 Å². The maximum Gasteiger partial charge on any atom is 0.216 e. The molecule has 0 aliphatic rings. The van der Waals surface area contributed by atoms with Crippen LogP contribution in [0.5, 0.6) is 17.2 Å². The van der Waals surface area contributed by atoms with Crippen LogP contribution in [0.15, 0.2) is 35.4 Å². The molecule has 0 aliphatic carbocycles. The van der Waals surface area contributed by atoms with Gasteiger partial charge in [-0.05, 0) is 36.5 Å². The maximum absolute atomic E-state index is 6.30. The number of aromatic nitrogens is 3. The lowest BCUT2D eigenvalue weighted by Crippen LogP contribution is -1.99. The van der Waals surface area contributed by atoms with Gasteiger partial charge in [-0.25, -0.2) is 5.10 Å². The van der Waals surface area contributed by atoms with Gasteiger partial charge in [-0.2, -0.15) is 14.9 Å². The minimum absolute atomic E-state index is 0.303. The first-order chi connectivity index (χ1) is 13.5. The molecule has 0 unspecified atom stereocenters. The summed E-state index contributed by atoms with van der Waals surface area (Å²) in [6.45, 7) is 0. The zero-order valence-corrected chi connectivity index (χ0v) is 17.5. The van der Waals surface area contributed by atoms with Gasteiger partial charge in [0.2, 0.25) is 4.77 Å². The Morgan fingerprint density at radius 1 is 1.04 bits per heavy atom. The topological polar surface area (TPSA) is 73.7 Å². The fourth-order valence-corrected chi connectivity index (χ4v) is 3.19. The van der Waals surface area contributed by atoms with Crippen molar-refractivity contribution in [3.8, 4) is 28.6 Å². The van der Waals surface area contributed by atoms with Crippen molar-refractivity contribution in [3.63, 3.8) is 0 Å². The van der Waals surface area contributed by atoms with Crippen molar-refractivity contribution in [2.24, 2.45) is 5.10 Å². The molecule has 3 aromatic rings. The predicted molar refractivity (Wildman–Crippen MR) is 112 cm³/mol. The molecule has 10 heteroatoms. The molecule has 1 heterocycles. The van der Waals surface area contributed by atoms with E-state index in [2.05, 4.69) is 15.3 Å². The first kappa shape index (κ1) is 20.2. The Morgan fingerprint density at radius 3 is 2.36 bits per heavy atom. The molecule has 1 aromatic heterocycles. The highest BCUT2D eigenvalue weighted by Gasteiger charge is 2.14. The quantitative estimate of drug-likeness (QED) is 0.440. The van der Waals surface area contributed by atoms with Crippen LogP contribution in [-0.2, 0) is 0 Å². The van der Waals surface area contributed by atoms with Crippen LogP contribution < -0.4 is 14.2 Å². The molecule has 0 amide bonds. The largest absolute Gasteiger partial charge is 0.496 e. The molecular weight excluding hydrogens is 423 g/mol. The van der Waals surface area contributed by atoms with Crippen LogP contribution in [0.3, 0.4) is 0 Å². The van der Waals surface area contributed by atoms with Crippen LogP contribution in [0.25, 0.3) is 11.4 Å². The number of halogens is 2. The summed E-state index contributed by atoms with van der Waals surface area (Å²) in [5, 5.41) is 12.3. The van der Waals surface area contributed by atoms with E-state index >= 15 is 0 Å². The van der Waals surface area contributed by atoms with Crippen LogP contribution in [0.1, 0.15) is 5.56 Å². The molecule has 28 heavy (non-hydrogen) atoms. The number of methoxy groups -OCH3 is 3. The molecule has 0 spiro atoms. The van der Waals surface area contributed by atoms with Crippen molar-refractivity contribution in [2.45, 2.75) is 0 Å². The zero-order valence-electron chi connectivity index (χ0n) is 15.2. The van der Waals surface area contributed by atoms with Gasteiger partial charge in [-0.3, -0.25) is 0 Å². The summed E-state index contributed by atoms with van der Waals surface area (Å²) in [4.78, 5) is 0. The van der Waals surface area contributed by atoms with Gasteiger partial charge in [0.05, 0.1) is 32.6 Å². The van der Waals surface area contributed by atoms with Gasteiger partial charge in [0.15, 0.2) is 17.3 Å². The summed E-state index contributed by atoms with van der Waals surface area (Å²) in [5.74, 6) is 2.09. The van der Waals surface area contributed by atoms with Crippen LogP contribution in [-0.4, -0.2) is 42.4 Å². The van der Waals surface area contributed by atoms with Crippen LogP contribution in [0, 0.1) is 4.77 Å². The van der Waals surface area contributed by atoms with E-state index in [9.17, 15) is 0 Å². The molecule has 7 nitrogen and oxygen atoms in total. The molecule has 2 aromatic carbocycles. The average molecular weight is 439 g/mol. The second kappa shape index (κ2) is 8.64.